The summed E-state index contributed by atoms with van der Waals surface area (Å²) in [6.45, 7) is 2.72. The second-order valence-electron chi connectivity index (χ2n) is 5.04. The Morgan fingerprint density at radius 3 is 2.68 bits per heavy atom. The van der Waals surface area contributed by atoms with Gasteiger partial charge in [0.15, 0.2) is 11.5 Å². The molecule has 0 saturated heterocycles. The molecule has 1 N–H and O–H groups in total. The molecule has 3 rings (SSSR count). The molecule has 116 valence electrons. The molecule has 1 aliphatic rings. The van der Waals surface area contributed by atoms with E-state index >= 15 is 0 Å². The molecule has 22 heavy (non-hydrogen) atoms. The van der Waals surface area contributed by atoms with E-state index < -0.39 is 0 Å². The van der Waals surface area contributed by atoms with E-state index in [4.69, 9.17) is 14.2 Å². The Balaban J connectivity index is 1.62. The normalized spacial score (nSPS) is 13.0. The molecule has 5 heteroatoms. The number of ether oxygens (including phenoxy) is 3. The van der Waals surface area contributed by atoms with E-state index in [1.807, 2.05) is 24.3 Å². The van der Waals surface area contributed by atoms with Gasteiger partial charge in [0.25, 0.3) is 0 Å². The average Bonchev–Trinajstić information content (AvgIpc) is 2.55. The van der Waals surface area contributed by atoms with Crippen molar-refractivity contribution < 1.29 is 14.2 Å². The SMILES string of the molecule is COc1ccc(Br)cc1CNCc1ccc2c(c1)OCCO2. The van der Waals surface area contributed by atoms with Crippen molar-refractivity contribution in [1.82, 2.24) is 5.32 Å². The van der Waals surface area contributed by atoms with E-state index in [1.165, 1.54) is 5.56 Å². The number of benzene rings is 2. The van der Waals surface area contributed by atoms with Crippen molar-refractivity contribution in [2.75, 3.05) is 20.3 Å². The van der Waals surface area contributed by atoms with Gasteiger partial charge in [-0.2, -0.15) is 0 Å². The minimum Gasteiger partial charge on any atom is -0.496 e. The van der Waals surface area contributed by atoms with Crippen LogP contribution in [0.3, 0.4) is 0 Å². The summed E-state index contributed by atoms with van der Waals surface area (Å²) in [5.41, 5.74) is 2.28. The van der Waals surface area contributed by atoms with Crippen LogP contribution in [-0.4, -0.2) is 20.3 Å². The molecule has 1 aliphatic heterocycles. The number of nitrogens with one attached hydrogen (secondary N) is 1. The first kappa shape index (κ1) is 15.2. The van der Waals surface area contributed by atoms with Crippen LogP contribution in [0.15, 0.2) is 40.9 Å². The molecule has 0 fully saturated rings. The van der Waals surface area contributed by atoms with Gasteiger partial charge in [0.2, 0.25) is 0 Å². The highest BCUT2D eigenvalue weighted by Gasteiger charge is 2.11. The first-order valence-electron chi connectivity index (χ1n) is 7.18. The Morgan fingerprint density at radius 1 is 1.05 bits per heavy atom. The van der Waals surface area contributed by atoms with Crippen molar-refractivity contribution in [1.29, 1.82) is 0 Å². The van der Waals surface area contributed by atoms with E-state index in [2.05, 4.69) is 33.4 Å². The highest BCUT2D eigenvalue weighted by molar-refractivity contribution is 9.10. The molecule has 1 heterocycles. The van der Waals surface area contributed by atoms with Gasteiger partial charge in [0, 0.05) is 23.1 Å². The molecule has 2 aromatic carbocycles. The second kappa shape index (κ2) is 7.03. The summed E-state index contributed by atoms with van der Waals surface area (Å²) in [6, 6.07) is 12.0. The maximum atomic E-state index is 5.60. The third-order valence-corrected chi connectivity index (χ3v) is 3.99. The number of fused-ring (bicyclic) bond motifs is 1. The van der Waals surface area contributed by atoms with E-state index in [9.17, 15) is 0 Å². The van der Waals surface area contributed by atoms with Gasteiger partial charge in [-0.25, -0.2) is 0 Å². The lowest BCUT2D eigenvalue weighted by Gasteiger charge is -2.19. The van der Waals surface area contributed by atoms with Crippen LogP contribution in [0.5, 0.6) is 17.2 Å². The summed E-state index contributed by atoms with van der Waals surface area (Å²) < 4.78 is 17.6. The Kier molecular flexibility index (Phi) is 4.85. The van der Waals surface area contributed by atoms with E-state index in [-0.39, 0.29) is 0 Å². The van der Waals surface area contributed by atoms with Gasteiger partial charge >= 0.3 is 0 Å². The summed E-state index contributed by atoms with van der Waals surface area (Å²) >= 11 is 3.49. The smallest absolute Gasteiger partial charge is 0.161 e. The second-order valence-corrected chi connectivity index (χ2v) is 5.95. The van der Waals surface area contributed by atoms with Crippen molar-refractivity contribution in [3.8, 4) is 17.2 Å². The highest BCUT2D eigenvalue weighted by atomic mass is 79.9. The van der Waals surface area contributed by atoms with E-state index in [1.54, 1.807) is 7.11 Å². The summed E-state index contributed by atoms with van der Waals surface area (Å²) in [5.74, 6) is 2.53. The minimum atomic E-state index is 0.610. The van der Waals surface area contributed by atoms with Gasteiger partial charge in [-0.1, -0.05) is 22.0 Å². The average molecular weight is 364 g/mol. The zero-order valence-electron chi connectivity index (χ0n) is 12.4. The molecular formula is C17H18BrNO3. The molecule has 0 spiro atoms. The van der Waals surface area contributed by atoms with Crippen molar-refractivity contribution in [2.45, 2.75) is 13.1 Å². The maximum absolute atomic E-state index is 5.60. The lowest BCUT2D eigenvalue weighted by molar-refractivity contribution is 0.171. The fourth-order valence-electron chi connectivity index (χ4n) is 2.42. The van der Waals surface area contributed by atoms with Crippen LogP contribution in [-0.2, 0) is 13.1 Å². The van der Waals surface area contributed by atoms with Crippen LogP contribution in [0, 0.1) is 0 Å². The summed E-state index contributed by atoms with van der Waals surface area (Å²) in [4.78, 5) is 0. The summed E-state index contributed by atoms with van der Waals surface area (Å²) in [5, 5.41) is 3.43. The summed E-state index contributed by atoms with van der Waals surface area (Å²) in [7, 11) is 1.69. The highest BCUT2D eigenvalue weighted by Crippen LogP contribution is 2.30. The minimum absolute atomic E-state index is 0.610. The topological polar surface area (TPSA) is 39.7 Å². The van der Waals surface area contributed by atoms with Gasteiger partial charge < -0.3 is 19.5 Å². The Morgan fingerprint density at radius 2 is 1.86 bits per heavy atom. The van der Waals surface area contributed by atoms with Crippen molar-refractivity contribution in [2.24, 2.45) is 0 Å². The first-order valence-corrected chi connectivity index (χ1v) is 7.97. The molecule has 0 radical (unpaired) electrons. The molecule has 0 aromatic heterocycles. The lowest BCUT2D eigenvalue weighted by atomic mass is 10.1. The predicted octanol–water partition coefficient (Wildman–Crippen LogP) is 3.52. The third-order valence-electron chi connectivity index (χ3n) is 3.49. The van der Waals surface area contributed by atoms with Gasteiger partial charge in [-0.15, -0.1) is 0 Å². The van der Waals surface area contributed by atoms with Crippen LogP contribution in [0.25, 0.3) is 0 Å². The number of methoxy groups -OCH3 is 1. The van der Waals surface area contributed by atoms with Crippen LogP contribution in [0.1, 0.15) is 11.1 Å². The molecule has 0 saturated carbocycles. The lowest BCUT2D eigenvalue weighted by Crippen LogP contribution is -2.17. The number of rotatable bonds is 5. The van der Waals surface area contributed by atoms with Gasteiger partial charge in [-0.3, -0.25) is 0 Å². The van der Waals surface area contributed by atoms with Gasteiger partial charge in [-0.05, 0) is 35.9 Å². The van der Waals surface area contributed by atoms with Gasteiger partial charge in [0.05, 0.1) is 7.11 Å². The number of hydrogen-bond acceptors (Lipinski definition) is 4. The first-order chi connectivity index (χ1) is 10.8. The Labute approximate surface area is 138 Å². The largest absolute Gasteiger partial charge is 0.496 e. The Bertz CT molecular complexity index is 660. The van der Waals surface area contributed by atoms with Crippen molar-refractivity contribution in [3.05, 3.63) is 52.0 Å². The van der Waals surface area contributed by atoms with E-state index in [0.29, 0.717) is 13.2 Å². The molecule has 0 atom stereocenters. The fraction of sp³-hybridized carbons (Fsp3) is 0.294. The van der Waals surface area contributed by atoms with Crippen LogP contribution in [0.2, 0.25) is 0 Å². The van der Waals surface area contributed by atoms with Crippen molar-refractivity contribution in [3.63, 3.8) is 0 Å². The summed E-state index contributed by atoms with van der Waals surface area (Å²) in [6.07, 6.45) is 0. The Hall–Kier alpha value is -1.72. The molecule has 0 unspecified atom stereocenters. The van der Waals surface area contributed by atoms with Crippen LogP contribution < -0.4 is 19.5 Å². The number of hydrogen-bond donors (Lipinski definition) is 1. The third kappa shape index (κ3) is 3.54. The molecule has 2 aromatic rings. The van der Waals surface area contributed by atoms with Gasteiger partial charge in [0.1, 0.15) is 19.0 Å². The fourth-order valence-corrected chi connectivity index (χ4v) is 2.83. The molecule has 0 aliphatic carbocycles. The number of halogens is 1. The molecule has 0 amide bonds. The maximum Gasteiger partial charge on any atom is 0.161 e. The van der Waals surface area contributed by atoms with Crippen molar-refractivity contribution >= 4 is 15.9 Å². The molecular weight excluding hydrogens is 346 g/mol. The predicted molar refractivity (Wildman–Crippen MR) is 88.7 cm³/mol. The van der Waals surface area contributed by atoms with E-state index in [0.717, 1.165) is 40.4 Å². The zero-order valence-corrected chi connectivity index (χ0v) is 14.0. The monoisotopic (exact) mass is 363 g/mol. The molecule has 4 nitrogen and oxygen atoms in total. The standard InChI is InChI=1S/C17H18BrNO3/c1-20-15-5-3-14(18)9-13(15)11-19-10-12-2-4-16-17(8-12)22-7-6-21-16/h2-5,8-9,19H,6-7,10-11H2,1H3. The zero-order chi connectivity index (χ0) is 15.4. The quantitative estimate of drug-likeness (QED) is 0.881. The molecule has 0 bridgehead atoms. The van der Waals surface area contributed by atoms with Crippen LogP contribution >= 0.6 is 15.9 Å². The van der Waals surface area contributed by atoms with Crippen LogP contribution in [0.4, 0.5) is 0 Å².